The van der Waals surface area contributed by atoms with Gasteiger partial charge in [0.25, 0.3) is 0 Å². The number of aryl methyl sites for hydroxylation is 4. The van der Waals surface area contributed by atoms with Crippen molar-refractivity contribution in [1.29, 1.82) is 0 Å². The number of rotatable bonds is 3. The van der Waals surface area contributed by atoms with Crippen molar-refractivity contribution in [3.8, 4) is 11.3 Å². The van der Waals surface area contributed by atoms with Crippen LogP contribution in [0.1, 0.15) is 58.9 Å². The van der Waals surface area contributed by atoms with E-state index >= 15 is 4.39 Å². The Morgan fingerprint density at radius 1 is 0.939 bits per heavy atom. The van der Waals surface area contributed by atoms with E-state index < -0.39 is 0 Å². The number of hydrogen-bond acceptors (Lipinski definition) is 6. The Balaban J connectivity index is 1.62. The fourth-order valence-corrected chi connectivity index (χ4v) is 4.34. The standard InChI is InChI=1S/C26H26FN5O/c1-14-5-6-20(21(27)11-14)23-24-26(30-17(4)16(3)29-24)32-25(31-23)19-8-10-33-22(13-19)18-7-9-28-15(2)12-18/h5-7,9,11-12,19,22H,8,10,13H2,1-4H3/t19-,22+/m1/s1. The first-order chi connectivity index (χ1) is 15.9. The fraction of sp³-hybridized carbons (Fsp3) is 0.346. The molecule has 4 aromatic rings. The van der Waals surface area contributed by atoms with Crippen LogP contribution in [0.4, 0.5) is 4.39 Å². The van der Waals surface area contributed by atoms with Crippen molar-refractivity contribution in [3.63, 3.8) is 0 Å². The van der Waals surface area contributed by atoms with E-state index in [0.717, 1.165) is 41.1 Å². The first-order valence-electron chi connectivity index (χ1n) is 11.2. The van der Waals surface area contributed by atoms with Crippen LogP contribution in [-0.2, 0) is 4.74 Å². The molecule has 1 saturated heterocycles. The molecule has 33 heavy (non-hydrogen) atoms. The molecular formula is C26H26FN5O. The predicted molar refractivity (Wildman–Crippen MR) is 124 cm³/mol. The normalized spacial score (nSPS) is 18.6. The van der Waals surface area contributed by atoms with Crippen LogP contribution in [-0.4, -0.2) is 31.5 Å². The number of ether oxygens (including phenoxy) is 1. The summed E-state index contributed by atoms with van der Waals surface area (Å²) in [5.41, 5.74) is 6.44. The zero-order valence-corrected chi connectivity index (χ0v) is 19.3. The maximum atomic E-state index is 15.0. The van der Waals surface area contributed by atoms with Crippen LogP contribution < -0.4 is 0 Å². The van der Waals surface area contributed by atoms with E-state index in [1.54, 1.807) is 6.07 Å². The minimum absolute atomic E-state index is 0.0600. The van der Waals surface area contributed by atoms with Crippen molar-refractivity contribution in [3.05, 3.63) is 76.4 Å². The molecule has 4 heterocycles. The van der Waals surface area contributed by atoms with Crippen molar-refractivity contribution in [2.75, 3.05) is 6.61 Å². The van der Waals surface area contributed by atoms with Gasteiger partial charge in [0.1, 0.15) is 22.9 Å². The Kier molecular flexibility index (Phi) is 5.58. The highest BCUT2D eigenvalue weighted by Gasteiger charge is 2.29. The second-order valence-corrected chi connectivity index (χ2v) is 8.79. The molecular weight excluding hydrogens is 417 g/mol. The van der Waals surface area contributed by atoms with Gasteiger partial charge in [-0.2, -0.15) is 0 Å². The Labute approximate surface area is 192 Å². The molecule has 0 amide bonds. The molecule has 1 aliphatic heterocycles. The third-order valence-electron chi connectivity index (χ3n) is 6.28. The molecule has 1 fully saturated rings. The van der Waals surface area contributed by atoms with E-state index in [2.05, 4.69) is 21.0 Å². The van der Waals surface area contributed by atoms with Gasteiger partial charge in [0, 0.05) is 30.0 Å². The summed E-state index contributed by atoms with van der Waals surface area (Å²) >= 11 is 0. The molecule has 1 aromatic carbocycles. The SMILES string of the molecule is Cc1ccc(-c2nc([C@@H]3CCO[C@H](c4ccnc(C)c4)C3)nc3nc(C)c(C)nc23)c(F)c1. The van der Waals surface area contributed by atoms with E-state index in [9.17, 15) is 0 Å². The number of hydrogen-bond donors (Lipinski definition) is 0. The molecule has 5 rings (SSSR count). The van der Waals surface area contributed by atoms with Gasteiger partial charge in [-0.05, 0) is 75.9 Å². The number of aromatic nitrogens is 5. The van der Waals surface area contributed by atoms with Crippen LogP contribution in [0.15, 0.2) is 36.5 Å². The average molecular weight is 444 g/mol. The second kappa shape index (κ2) is 8.56. The molecule has 0 saturated carbocycles. The van der Waals surface area contributed by atoms with Crippen molar-refractivity contribution in [1.82, 2.24) is 24.9 Å². The van der Waals surface area contributed by atoms with Crippen LogP contribution in [0, 0.1) is 33.5 Å². The molecule has 0 aliphatic carbocycles. The number of nitrogens with zero attached hydrogens (tertiary/aromatic N) is 5. The highest BCUT2D eigenvalue weighted by molar-refractivity contribution is 5.87. The fourth-order valence-electron chi connectivity index (χ4n) is 4.34. The summed E-state index contributed by atoms with van der Waals surface area (Å²) in [6.45, 7) is 8.25. The quantitative estimate of drug-likeness (QED) is 0.417. The minimum Gasteiger partial charge on any atom is -0.373 e. The summed E-state index contributed by atoms with van der Waals surface area (Å²) in [7, 11) is 0. The van der Waals surface area contributed by atoms with Gasteiger partial charge >= 0.3 is 0 Å². The Morgan fingerprint density at radius 3 is 2.55 bits per heavy atom. The Bertz CT molecular complexity index is 1360. The number of halogens is 1. The monoisotopic (exact) mass is 443 g/mol. The topological polar surface area (TPSA) is 73.7 Å². The lowest BCUT2D eigenvalue weighted by molar-refractivity contribution is 0.00393. The molecule has 168 valence electrons. The van der Waals surface area contributed by atoms with E-state index in [0.29, 0.717) is 34.9 Å². The van der Waals surface area contributed by atoms with Gasteiger partial charge in [0.05, 0.1) is 17.5 Å². The smallest absolute Gasteiger partial charge is 0.182 e. The first kappa shape index (κ1) is 21.5. The van der Waals surface area contributed by atoms with E-state index in [4.69, 9.17) is 14.7 Å². The lowest BCUT2D eigenvalue weighted by Crippen LogP contribution is -2.21. The van der Waals surface area contributed by atoms with Crippen LogP contribution in [0.2, 0.25) is 0 Å². The van der Waals surface area contributed by atoms with E-state index in [-0.39, 0.29) is 17.8 Å². The molecule has 0 unspecified atom stereocenters. The molecule has 0 radical (unpaired) electrons. The maximum Gasteiger partial charge on any atom is 0.182 e. The summed E-state index contributed by atoms with van der Waals surface area (Å²) in [6.07, 6.45) is 3.28. The van der Waals surface area contributed by atoms with Crippen LogP contribution in [0.5, 0.6) is 0 Å². The van der Waals surface area contributed by atoms with Crippen LogP contribution in [0.25, 0.3) is 22.4 Å². The van der Waals surface area contributed by atoms with Crippen molar-refractivity contribution >= 4 is 11.2 Å². The van der Waals surface area contributed by atoms with Crippen molar-refractivity contribution in [2.24, 2.45) is 0 Å². The number of benzene rings is 1. The lowest BCUT2D eigenvalue weighted by Gasteiger charge is -2.29. The third kappa shape index (κ3) is 4.20. The lowest BCUT2D eigenvalue weighted by atomic mass is 9.91. The van der Waals surface area contributed by atoms with Gasteiger partial charge in [0.2, 0.25) is 0 Å². The van der Waals surface area contributed by atoms with Gasteiger partial charge in [-0.15, -0.1) is 0 Å². The maximum absolute atomic E-state index is 15.0. The number of pyridine rings is 1. The minimum atomic E-state index is -0.321. The summed E-state index contributed by atoms with van der Waals surface area (Å²) in [4.78, 5) is 23.3. The summed E-state index contributed by atoms with van der Waals surface area (Å²) in [6, 6.07) is 9.22. The van der Waals surface area contributed by atoms with Gasteiger partial charge in [-0.1, -0.05) is 6.07 Å². The highest BCUT2D eigenvalue weighted by atomic mass is 19.1. The second-order valence-electron chi connectivity index (χ2n) is 8.79. The van der Waals surface area contributed by atoms with Crippen LogP contribution in [0.3, 0.4) is 0 Å². The zero-order chi connectivity index (χ0) is 23.1. The number of fused-ring (bicyclic) bond motifs is 1. The third-order valence-corrected chi connectivity index (χ3v) is 6.28. The summed E-state index contributed by atoms with van der Waals surface area (Å²) in [5.74, 6) is 0.407. The largest absolute Gasteiger partial charge is 0.373 e. The van der Waals surface area contributed by atoms with E-state index in [1.165, 1.54) is 6.07 Å². The first-order valence-corrected chi connectivity index (χ1v) is 11.2. The molecule has 3 aromatic heterocycles. The average Bonchev–Trinajstić information content (AvgIpc) is 2.80. The summed E-state index contributed by atoms with van der Waals surface area (Å²) in [5, 5.41) is 0. The van der Waals surface area contributed by atoms with Gasteiger partial charge in [0.15, 0.2) is 5.65 Å². The molecule has 0 bridgehead atoms. The van der Waals surface area contributed by atoms with Crippen molar-refractivity contribution < 1.29 is 9.13 Å². The molecule has 7 heteroatoms. The van der Waals surface area contributed by atoms with Crippen molar-refractivity contribution in [2.45, 2.75) is 52.6 Å². The molecule has 6 nitrogen and oxygen atoms in total. The predicted octanol–water partition coefficient (Wildman–Crippen LogP) is 5.49. The Morgan fingerprint density at radius 2 is 1.76 bits per heavy atom. The summed E-state index contributed by atoms with van der Waals surface area (Å²) < 4.78 is 21.1. The van der Waals surface area contributed by atoms with Crippen LogP contribution >= 0.6 is 0 Å². The van der Waals surface area contributed by atoms with Gasteiger partial charge < -0.3 is 4.74 Å². The highest BCUT2D eigenvalue weighted by Crippen LogP contribution is 2.38. The van der Waals surface area contributed by atoms with Gasteiger partial charge in [-0.3, -0.25) is 4.98 Å². The Hall–Kier alpha value is -3.32. The molecule has 2 atom stereocenters. The van der Waals surface area contributed by atoms with E-state index in [1.807, 2.05) is 46.0 Å². The zero-order valence-electron chi connectivity index (χ0n) is 19.3. The molecule has 1 aliphatic rings. The molecule has 0 spiro atoms. The molecule has 0 N–H and O–H groups in total. The van der Waals surface area contributed by atoms with Gasteiger partial charge in [-0.25, -0.2) is 24.3 Å².